The standard InChI is InChI=1S/C22H25ClN6O3S2/c23-15-11-25-19(26-12-15)14-3-8-34(32,9-4-14)29-20-17(10-24)16-2-7-33(31)18(16)21(27-20)28-22(13-30)5-1-6-22/h11-12,14,30H,1-9,13H2,(H,27,28)/t14?,33-,34?/m0/s1. The largest absolute Gasteiger partial charge is 0.394 e. The van der Waals surface area contributed by atoms with Gasteiger partial charge in [0.25, 0.3) is 0 Å². The van der Waals surface area contributed by atoms with E-state index >= 15 is 0 Å². The molecule has 4 heterocycles. The molecule has 12 heteroatoms. The number of aliphatic hydroxyl groups excluding tert-OH is 1. The fraction of sp³-hybridized carbons (Fsp3) is 0.545. The molecule has 3 aliphatic rings. The fourth-order valence-corrected chi connectivity index (χ4v) is 8.39. The van der Waals surface area contributed by atoms with Gasteiger partial charge in [0.15, 0.2) is 5.82 Å². The van der Waals surface area contributed by atoms with Crippen LogP contribution in [0.15, 0.2) is 21.7 Å². The van der Waals surface area contributed by atoms with Crippen molar-refractivity contribution in [3.05, 3.63) is 34.4 Å². The first-order valence-electron chi connectivity index (χ1n) is 11.3. The second-order valence-corrected chi connectivity index (χ2v) is 13.6. The zero-order valence-electron chi connectivity index (χ0n) is 18.5. The first kappa shape index (κ1) is 23.6. The number of fused-ring (bicyclic) bond motifs is 1. The van der Waals surface area contributed by atoms with E-state index in [4.69, 9.17) is 11.6 Å². The van der Waals surface area contributed by atoms with E-state index in [2.05, 4.69) is 30.7 Å². The Morgan fingerprint density at radius 2 is 2.03 bits per heavy atom. The molecule has 0 radical (unpaired) electrons. The first-order valence-corrected chi connectivity index (χ1v) is 14.8. The summed E-state index contributed by atoms with van der Waals surface area (Å²) >= 11 is 5.88. The van der Waals surface area contributed by atoms with Crippen molar-refractivity contribution < 1.29 is 13.5 Å². The van der Waals surface area contributed by atoms with E-state index in [1.165, 1.54) is 0 Å². The van der Waals surface area contributed by atoms with Crippen LogP contribution in [0.3, 0.4) is 0 Å². The van der Waals surface area contributed by atoms with Crippen LogP contribution >= 0.6 is 11.6 Å². The average Bonchev–Trinajstić information content (AvgIpc) is 3.19. The van der Waals surface area contributed by atoms with Crippen LogP contribution in [0.25, 0.3) is 0 Å². The van der Waals surface area contributed by atoms with Crippen molar-refractivity contribution in [1.29, 1.82) is 5.26 Å². The maximum absolute atomic E-state index is 13.7. The number of nitrogens with one attached hydrogen (secondary N) is 1. The van der Waals surface area contributed by atoms with Gasteiger partial charge in [-0.1, -0.05) is 11.6 Å². The van der Waals surface area contributed by atoms with Crippen molar-refractivity contribution in [2.75, 3.05) is 29.2 Å². The number of halogens is 1. The van der Waals surface area contributed by atoms with E-state index in [0.717, 1.165) is 19.3 Å². The summed E-state index contributed by atoms with van der Waals surface area (Å²) in [6, 6.07) is 2.17. The van der Waals surface area contributed by atoms with Gasteiger partial charge in [0.05, 0.1) is 42.6 Å². The molecule has 1 saturated carbocycles. The minimum atomic E-state index is -2.64. The molecule has 2 aromatic rings. The normalized spacial score (nSPS) is 27.3. The summed E-state index contributed by atoms with van der Waals surface area (Å²) in [6.07, 6.45) is 7.38. The Morgan fingerprint density at radius 1 is 1.32 bits per heavy atom. The number of nitrogens with zero attached hydrogens (tertiary/aromatic N) is 5. The molecule has 0 bridgehead atoms. The summed E-state index contributed by atoms with van der Waals surface area (Å²) < 4.78 is 31.0. The smallest absolute Gasteiger partial charge is 0.181 e. The third-order valence-electron chi connectivity index (χ3n) is 6.93. The van der Waals surface area contributed by atoms with Gasteiger partial charge in [-0.25, -0.2) is 19.2 Å². The van der Waals surface area contributed by atoms with Gasteiger partial charge in [-0.3, -0.25) is 4.21 Å². The maximum atomic E-state index is 13.7. The van der Waals surface area contributed by atoms with Crippen molar-refractivity contribution in [2.45, 2.75) is 54.9 Å². The molecule has 0 aromatic carbocycles. The molecule has 1 atom stereocenters. The predicted molar refractivity (Wildman–Crippen MR) is 130 cm³/mol. The summed E-state index contributed by atoms with van der Waals surface area (Å²) in [5.74, 6) is 2.40. The highest BCUT2D eigenvalue weighted by Gasteiger charge is 2.39. The maximum Gasteiger partial charge on any atom is 0.181 e. The number of hydrogen-bond acceptors (Lipinski definition) is 9. The van der Waals surface area contributed by atoms with Crippen molar-refractivity contribution in [2.24, 2.45) is 4.36 Å². The summed E-state index contributed by atoms with van der Waals surface area (Å²) in [6.45, 7) is -0.0620. The van der Waals surface area contributed by atoms with Gasteiger partial charge in [-0.2, -0.15) is 9.62 Å². The second kappa shape index (κ2) is 9.15. The zero-order chi connectivity index (χ0) is 23.9. The number of nitriles is 1. The quantitative estimate of drug-likeness (QED) is 0.612. The lowest BCUT2D eigenvalue weighted by atomic mass is 9.77. The Labute approximate surface area is 206 Å². The van der Waals surface area contributed by atoms with E-state index in [1.807, 2.05) is 0 Å². The van der Waals surface area contributed by atoms with Crippen LogP contribution in [0.2, 0.25) is 5.02 Å². The van der Waals surface area contributed by atoms with E-state index in [1.54, 1.807) is 12.4 Å². The number of anilines is 1. The SMILES string of the molecule is N#Cc1c(N=S2(=O)CCC(c3ncc(Cl)cn3)CC2)nc(NC2(CO)CCC2)c2c1CC[S@@]2=O. The van der Waals surface area contributed by atoms with Crippen LogP contribution in [-0.2, 0) is 26.9 Å². The molecule has 9 nitrogen and oxygen atoms in total. The summed E-state index contributed by atoms with van der Waals surface area (Å²) in [5, 5.41) is 23.6. The van der Waals surface area contributed by atoms with E-state index < -0.39 is 26.1 Å². The Balaban J connectivity index is 1.49. The highest BCUT2D eigenvalue weighted by atomic mass is 35.5. The molecule has 0 spiro atoms. The van der Waals surface area contributed by atoms with Gasteiger partial charge >= 0.3 is 0 Å². The van der Waals surface area contributed by atoms with Crippen LogP contribution in [0.1, 0.15) is 55.0 Å². The molecule has 1 saturated heterocycles. The van der Waals surface area contributed by atoms with Gasteiger partial charge in [0.1, 0.15) is 23.3 Å². The molecule has 180 valence electrons. The molecule has 1 aliphatic carbocycles. The number of rotatable bonds is 5. The van der Waals surface area contributed by atoms with Gasteiger partial charge < -0.3 is 10.4 Å². The lowest BCUT2D eigenvalue weighted by Gasteiger charge is -2.41. The molecule has 2 aliphatic heterocycles. The minimum Gasteiger partial charge on any atom is -0.394 e. The van der Waals surface area contributed by atoms with Gasteiger partial charge in [-0.15, -0.1) is 0 Å². The lowest BCUT2D eigenvalue weighted by molar-refractivity contribution is 0.143. The highest BCUT2D eigenvalue weighted by molar-refractivity contribution is 7.93. The fourth-order valence-electron chi connectivity index (χ4n) is 4.77. The van der Waals surface area contributed by atoms with Gasteiger partial charge in [0, 0.05) is 35.6 Å². The van der Waals surface area contributed by atoms with Crippen LogP contribution < -0.4 is 5.32 Å². The molecule has 2 aromatic heterocycles. The lowest BCUT2D eigenvalue weighted by Crippen LogP contribution is -2.48. The van der Waals surface area contributed by atoms with E-state index in [-0.39, 0.29) is 23.9 Å². The molecular weight excluding hydrogens is 496 g/mol. The third-order valence-corrected chi connectivity index (χ3v) is 10.9. The molecular formula is C22H25ClN6O3S2. The molecule has 5 rings (SSSR count). The average molecular weight is 521 g/mol. The number of aliphatic hydroxyl groups is 1. The Hall–Kier alpha value is -2.13. The van der Waals surface area contributed by atoms with Crippen LogP contribution in [0.4, 0.5) is 11.6 Å². The second-order valence-electron chi connectivity index (χ2n) is 9.10. The topological polar surface area (TPSA) is 141 Å². The zero-order valence-corrected chi connectivity index (χ0v) is 20.9. The van der Waals surface area contributed by atoms with Crippen LogP contribution in [0.5, 0.6) is 0 Å². The van der Waals surface area contributed by atoms with Crippen molar-refractivity contribution in [3.63, 3.8) is 0 Å². The summed E-state index contributed by atoms with van der Waals surface area (Å²) in [5.41, 5.74) is 0.414. The Kier molecular flexibility index (Phi) is 6.35. The Morgan fingerprint density at radius 3 is 2.62 bits per heavy atom. The molecule has 34 heavy (non-hydrogen) atoms. The van der Waals surface area contributed by atoms with Gasteiger partial charge in [0.2, 0.25) is 0 Å². The molecule has 0 amide bonds. The van der Waals surface area contributed by atoms with Crippen molar-refractivity contribution >= 4 is 43.8 Å². The minimum absolute atomic E-state index is 0.0620. The monoisotopic (exact) mass is 520 g/mol. The summed E-state index contributed by atoms with van der Waals surface area (Å²) in [4.78, 5) is 13.7. The molecule has 0 unspecified atom stereocenters. The number of hydrogen-bond donors (Lipinski definition) is 2. The van der Waals surface area contributed by atoms with Crippen molar-refractivity contribution in [3.8, 4) is 6.07 Å². The third kappa shape index (κ3) is 4.33. The van der Waals surface area contributed by atoms with Crippen LogP contribution in [-0.4, -0.2) is 57.9 Å². The number of pyridine rings is 1. The highest BCUT2D eigenvalue weighted by Crippen LogP contribution is 2.41. The van der Waals surface area contributed by atoms with Crippen molar-refractivity contribution in [1.82, 2.24) is 15.0 Å². The first-order chi connectivity index (χ1) is 16.4. The van der Waals surface area contributed by atoms with E-state index in [0.29, 0.717) is 63.6 Å². The Bertz CT molecular complexity index is 1290. The predicted octanol–water partition coefficient (Wildman–Crippen LogP) is 3.06. The summed E-state index contributed by atoms with van der Waals surface area (Å²) in [7, 11) is -3.92. The van der Waals surface area contributed by atoms with Crippen LogP contribution in [0, 0.1) is 11.3 Å². The van der Waals surface area contributed by atoms with Gasteiger partial charge in [-0.05, 0) is 44.1 Å². The number of aromatic nitrogens is 3. The molecule has 2 N–H and O–H groups in total. The van der Waals surface area contributed by atoms with E-state index in [9.17, 15) is 18.8 Å². The molecule has 2 fully saturated rings.